The monoisotopic (exact) mass is 274 g/mol. The zero-order chi connectivity index (χ0) is 14.7. The van der Waals surface area contributed by atoms with E-state index in [0.29, 0.717) is 11.8 Å². The number of hydrogen-bond acceptors (Lipinski definition) is 0. The van der Waals surface area contributed by atoms with Gasteiger partial charge >= 0.3 is 0 Å². The third-order valence-electron chi connectivity index (χ3n) is 4.60. The van der Waals surface area contributed by atoms with Crippen molar-refractivity contribution >= 4 is 10.8 Å². The second-order valence-electron chi connectivity index (χ2n) is 6.02. The van der Waals surface area contributed by atoms with Crippen molar-refractivity contribution in [3.8, 4) is 0 Å². The number of hydrogen-bond donors (Lipinski definition) is 0. The largest absolute Gasteiger partial charge is 0.0622 e. The Bertz CT molecular complexity index is 707. The third kappa shape index (κ3) is 3.00. The van der Waals surface area contributed by atoms with Crippen LogP contribution in [-0.2, 0) is 6.42 Å². The van der Waals surface area contributed by atoms with E-state index in [1.54, 1.807) is 0 Å². The molecule has 0 aliphatic heterocycles. The fraction of sp³-hybridized carbons (Fsp3) is 0.238. The lowest BCUT2D eigenvalue weighted by molar-refractivity contribution is 0.487. The van der Waals surface area contributed by atoms with Crippen LogP contribution in [0.3, 0.4) is 0 Å². The molecule has 0 saturated carbocycles. The SMILES string of the molecule is CC(Cc1cccc2ccccc12)C(C)c1ccccc1. The van der Waals surface area contributed by atoms with Gasteiger partial charge in [0.05, 0.1) is 0 Å². The summed E-state index contributed by atoms with van der Waals surface area (Å²) in [7, 11) is 0. The third-order valence-corrected chi connectivity index (χ3v) is 4.60. The van der Waals surface area contributed by atoms with Crippen LogP contribution < -0.4 is 0 Å². The Hall–Kier alpha value is -2.08. The normalized spacial score (nSPS) is 14.0. The molecule has 2 atom stereocenters. The van der Waals surface area contributed by atoms with Gasteiger partial charge in [0.15, 0.2) is 0 Å². The zero-order valence-corrected chi connectivity index (χ0v) is 12.8. The lowest BCUT2D eigenvalue weighted by Gasteiger charge is -2.21. The van der Waals surface area contributed by atoms with Crippen molar-refractivity contribution in [2.45, 2.75) is 26.2 Å². The molecule has 0 aromatic heterocycles. The molecule has 0 N–H and O–H groups in total. The van der Waals surface area contributed by atoms with E-state index in [1.165, 1.54) is 21.9 Å². The van der Waals surface area contributed by atoms with Gasteiger partial charge in [0.1, 0.15) is 0 Å². The molecule has 0 aliphatic rings. The highest BCUT2D eigenvalue weighted by molar-refractivity contribution is 5.85. The van der Waals surface area contributed by atoms with Gasteiger partial charge in [0.25, 0.3) is 0 Å². The van der Waals surface area contributed by atoms with E-state index in [-0.39, 0.29) is 0 Å². The minimum atomic E-state index is 0.574. The van der Waals surface area contributed by atoms with Crippen LogP contribution in [0.1, 0.15) is 30.9 Å². The van der Waals surface area contributed by atoms with Gasteiger partial charge < -0.3 is 0 Å². The summed E-state index contributed by atoms with van der Waals surface area (Å²) in [6.07, 6.45) is 1.12. The minimum Gasteiger partial charge on any atom is -0.0622 e. The van der Waals surface area contributed by atoms with Gasteiger partial charge in [-0.25, -0.2) is 0 Å². The summed E-state index contributed by atoms with van der Waals surface area (Å²) in [5, 5.41) is 2.74. The van der Waals surface area contributed by atoms with Gasteiger partial charge in [-0.3, -0.25) is 0 Å². The molecule has 21 heavy (non-hydrogen) atoms. The molecule has 106 valence electrons. The highest BCUT2D eigenvalue weighted by Crippen LogP contribution is 2.29. The molecule has 0 bridgehead atoms. The van der Waals surface area contributed by atoms with Gasteiger partial charge in [-0.15, -0.1) is 0 Å². The van der Waals surface area contributed by atoms with E-state index in [9.17, 15) is 0 Å². The fourth-order valence-corrected chi connectivity index (χ4v) is 3.08. The Morgan fingerprint density at radius 2 is 1.38 bits per heavy atom. The second kappa shape index (κ2) is 6.13. The van der Waals surface area contributed by atoms with E-state index < -0.39 is 0 Å². The zero-order valence-electron chi connectivity index (χ0n) is 12.8. The van der Waals surface area contributed by atoms with Crippen molar-refractivity contribution < 1.29 is 0 Å². The van der Waals surface area contributed by atoms with Gasteiger partial charge in [-0.2, -0.15) is 0 Å². The first-order valence-corrected chi connectivity index (χ1v) is 7.77. The lowest BCUT2D eigenvalue weighted by Crippen LogP contribution is -2.09. The van der Waals surface area contributed by atoms with Gasteiger partial charge in [-0.1, -0.05) is 86.6 Å². The van der Waals surface area contributed by atoms with Crippen LogP contribution in [0.15, 0.2) is 72.8 Å². The highest BCUT2D eigenvalue weighted by atomic mass is 14.2. The van der Waals surface area contributed by atoms with Crippen LogP contribution in [0.5, 0.6) is 0 Å². The summed E-state index contributed by atoms with van der Waals surface area (Å²) < 4.78 is 0. The number of fused-ring (bicyclic) bond motifs is 1. The first-order chi connectivity index (χ1) is 10.3. The predicted molar refractivity (Wildman–Crippen MR) is 91.7 cm³/mol. The molecule has 0 spiro atoms. The summed E-state index contributed by atoms with van der Waals surface area (Å²) >= 11 is 0. The smallest absolute Gasteiger partial charge is 0.0152 e. The van der Waals surface area contributed by atoms with E-state index in [2.05, 4.69) is 86.6 Å². The van der Waals surface area contributed by atoms with E-state index in [1.807, 2.05) is 0 Å². The van der Waals surface area contributed by atoms with Crippen molar-refractivity contribution in [3.05, 3.63) is 83.9 Å². The first kappa shape index (κ1) is 13.9. The van der Waals surface area contributed by atoms with Crippen molar-refractivity contribution in [2.24, 2.45) is 5.92 Å². The van der Waals surface area contributed by atoms with Crippen LogP contribution in [0.4, 0.5) is 0 Å². The van der Waals surface area contributed by atoms with Crippen LogP contribution >= 0.6 is 0 Å². The molecule has 0 heterocycles. The molecule has 3 aromatic rings. The van der Waals surface area contributed by atoms with Crippen molar-refractivity contribution in [2.75, 3.05) is 0 Å². The van der Waals surface area contributed by atoms with Crippen LogP contribution in [0, 0.1) is 5.92 Å². The molecule has 0 saturated heterocycles. The van der Waals surface area contributed by atoms with Gasteiger partial charge in [-0.05, 0) is 40.2 Å². The number of benzene rings is 3. The highest BCUT2D eigenvalue weighted by Gasteiger charge is 2.15. The summed E-state index contributed by atoms with van der Waals surface area (Å²) in [5.41, 5.74) is 2.90. The fourth-order valence-electron chi connectivity index (χ4n) is 3.08. The standard InChI is InChI=1S/C21H22/c1-16(17(2)18-9-4-3-5-10-18)15-20-13-8-12-19-11-6-7-14-21(19)20/h3-14,16-17H,15H2,1-2H3. The number of rotatable bonds is 4. The maximum absolute atomic E-state index is 2.36. The molecule has 2 unspecified atom stereocenters. The first-order valence-electron chi connectivity index (χ1n) is 7.77. The topological polar surface area (TPSA) is 0 Å². The molecular weight excluding hydrogens is 252 g/mol. The van der Waals surface area contributed by atoms with E-state index >= 15 is 0 Å². The second-order valence-corrected chi connectivity index (χ2v) is 6.02. The predicted octanol–water partition coefficient (Wildman–Crippen LogP) is 5.82. The Morgan fingerprint density at radius 1 is 0.714 bits per heavy atom. The average molecular weight is 274 g/mol. The Labute approximate surface area is 127 Å². The summed E-state index contributed by atoms with van der Waals surface area (Å²) in [6.45, 7) is 4.70. The van der Waals surface area contributed by atoms with Crippen LogP contribution in [-0.4, -0.2) is 0 Å². The molecule has 0 fully saturated rings. The molecule has 0 nitrogen and oxygen atoms in total. The molecule has 3 aromatic carbocycles. The van der Waals surface area contributed by atoms with Gasteiger partial charge in [0, 0.05) is 0 Å². The van der Waals surface area contributed by atoms with Crippen molar-refractivity contribution in [3.63, 3.8) is 0 Å². The Morgan fingerprint density at radius 3 is 2.19 bits per heavy atom. The van der Waals surface area contributed by atoms with Gasteiger partial charge in [0.2, 0.25) is 0 Å². The van der Waals surface area contributed by atoms with Crippen molar-refractivity contribution in [1.29, 1.82) is 0 Å². The summed E-state index contributed by atoms with van der Waals surface area (Å²) in [4.78, 5) is 0. The lowest BCUT2D eigenvalue weighted by atomic mass is 9.84. The molecular formula is C21H22. The Kier molecular flexibility index (Phi) is 4.06. The molecule has 0 heteroatoms. The molecule has 0 amide bonds. The maximum atomic E-state index is 2.36. The van der Waals surface area contributed by atoms with E-state index in [0.717, 1.165) is 6.42 Å². The maximum Gasteiger partial charge on any atom is -0.0152 e. The molecule has 3 rings (SSSR count). The molecule has 0 radical (unpaired) electrons. The summed E-state index contributed by atoms with van der Waals surface area (Å²) in [6, 6.07) is 26.2. The quantitative estimate of drug-likeness (QED) is 0.562. The van der Waals surface area contributed by atoms with Crippen LogP contribution in [0.25, 0.3) is 10.8 Å². The Balaban J connectivity index is 1.85. The van der Waals surface area contributed by atoms with E-state index in [4.69, 9.17) is 0 Å². The van der Waals surface area contributed by atoms with Crippen LogP contribution in [0.2, 0.25) is 0 Å². The van der Waals surface area contributed by atoms with Crippen molar-refractivity contribution in [1.82, 2.24) is 0 Å². The average Bonchev–Trinajstić information content (AvgIpc) is 2.55. The minimum absolute atomic E-state index is 0.574. The molecule has 0 aliphatic carbocycles. The summed E-state index contributed by atoms with van der Waals surface area (Å²) in [5.74, 6) is 1.20.